The molecule has 0 aromatic rings. The van der Waals surface area contributed by atoms with Crippen LogP contribution in [0.3, 0.4) is 0 Å². The van der Waals surface area contributed by atoms with Crippen LogP contribution in [0.2, 0.25) is 0 Å². The summed E-state index contributed by atoms with van der Waals surface area (Å²) in [5, 5.41) is 3.21. The zero-order valence-electron chi connectivity index (χ0n) is 4.59. The lowest BCUT2D eigenvalue weighted by Crippen LogP contribution is -2.04. The fourth-order valence-electron chi connectivity index (χ4n) is 0.406. The zero-order valence-corrected chi connectivity index (χ0v) is 5.35. The molecule has 1 rings (SSSR count). The van der Waals surface area contributed by atoms with E-state index in [-0.39, 0.29) is 11.1 Å². The summed E-state index contributed by atoms with van der Waals surface area (Å²) in [5.41, 5.74) is 3.23. The fourth-order valence-corrected chi connectivity index (χ4v) is 0.537. The first-order valence-corrected chi connectivity index (χ1v) is 2.67. The van der Waals surface area contributed by atoms with Crippen LogP contribution >= 0.6 is 11.6 Å². The van der Waals surface area contributed by atoms with Gasteiger partial charge in [0.25, 0.3) is 0 Å². The third kappa shape index (κ3) is 1.84. The number of hydrogen-bond acceptors (Lipinski definition) is 2. The van der Waals surface area contributed by atoms with Gasteiger partial charge in [0.1, 0.15) is 0 Å². The molecule has 1 aliphatic heterocycles. The van der Waals surface area contributed by atoms with Crippen molar-refractivity contribution in [1.29, 1.82) is 0 Å². The molecule has 1 aliphatic rings. The van der Waals surface area contributed by atoms with Crippen LogP contribution in [-0.2, 0) is 4.74 Å². The van der Waals surface area contributed by atoms with Crippen LogP contribution in [0.4, 0.5) is 8.78 Å². The second kappa shape index (κ2) is 2.83. The third-order valence-corrected chi connectivity index (χ3v) is 0.881. The Kier molecular flexibility index (Phi) is 2.06. The summed E-state index contributed by atoms with van der Waals surface area (Å²) in [6, 6.07) is 0. The van der Waals surface area contributed by atoms with Crippen LogP contribution in [0.15, 0.2) is 16.3 Å². The predicted octanol–water partition coefficient (Wildman–Crippen LogP) is 1.24. The SMILES string of the molecule is FC(F)OC1=N[N]C(Cl)=C1. The molecular weight excluding hydrogens is 166 g/mol. The van der Waals surface area contributed by atoms with Gasteiger partial charge in [-0.25, -0.2) is 0 Å². The van der Waals surface area contributed by atoms with Gasteiger partial charge in [-0.2, -0.15) is 8.78 Å². The van der Waals surface area contributed by atoms with Gasteiger partial charge in [0, 0.05) is 6.08 Å². The summed E-state index contributed by atoms with van der Waals surface area (Å²) in [6.07, 6.45) is 1.10. The van der Waals surface area contributed by atoms with Gasteiger partial charge in [0.15, 0.2) is 5.16 Å². The van der Waals surface area contributed by atoms with Crippen molar-refractivity contribution in [2.75, 3.05) is 0 Å². The first-order valence-electron chi connectivity index (χ1n) is 2.29. The number of nitrogens with zero attached hydrogens (tertiary/aromatic N) is 2. The highest BCUT2D eigenvalue weighted by Gasteiger charge is 2.12. The van der Waals surface area contributed by atoms with Crippen molar-refractivity contribution in [2.45, 2.75) is 6.61 Å². The molecule has 0 aromatic heterocycles. The molecule has 3 nitrogen and oxygen atoms in total. The summed E-state index contributed by atoms with van der Waals surface area (Å²) < 4.78 is 26.6. The van der Waals surface area contributed by atoms with Gasteiger partial charge in [-0.3, -0.25) is 0 Å². The Morgan fingerprint density at radius 3 is 2.70 bits per heavy atom. The van der Waals surface area contributed by atoms with E-state index in [0.717, 1.165) is 6.08 Å². The second-order valence-electron chi connectivity index (χ2n) is 1.38. The van der Waals surface area contributed by atoms with Crippen molar-refractivity contribution in [3.63, 3.8) is 0 Å². The Labute approximate surface area is 60.3 Å². The standard InChI is InChI=1S/C4H2ClF2N2O/c5-2-1-3(9-8-2)10-4(6)7/h1,4H. The van der Waals surface area contributed by atoms with E-state index >= 15 is 0 Å². The van der Waals surface area contributed by atoms with E-state index in [1.165, 1.54) is 0 Å². The van der Waals surface area contributed by atoms with Gasteiger partial charge >= 0.3 is 6.61 Å². The first kappa shape index (κ1) is 7.27. The van der Waals surface area contributed by atoms with Gasteiger partial charge < -0.3 is 4.74 Å². The molecule has 0 fully saturated rings. The van der Waals surface area contributed by atoms with E-state index in [1.54, 1.807) is 0 Å². The van der Waals surface area contributed by atoms with Gasteiger partial charge in [0.2, 0.25) is 5.90 Å². The van der Waals surface area contributed by atoms with Crippen molar-refractivity contribution in [1.82, 2.24) is 5.43 Å². The third-order valence-electron chi connectivity index (χ3n) is 0.697. The summed E-state index contributed by atoms with van der Waals surface area (Å²) in [5.74, 6) is -0.264. The van der Waals surface area contributed by atoms with Crippen molar-refractivity contribution < 1.29 is 13.5 Å². The van der Waals surface area contributed by atoms with Crippen molar-refractivity contribution in [3.05, 3.63) is 11.2 Å². The molecular formula is C4H2ClF2N2O. The van der Waals surface area contributed by atoms with Crippen LogP contribution in [0.25, 0.3) is 0 Å². The van der Waals surface area contributed by atoms with E-state index in [2.05, 4.69) is 15.3 Å². The lowest BCUT2D eigenvalue weighted by Gasteiger charge is -1.97. The first-order chi connectivity index (χ1) is 4.68. The van der Waals surface area contributed by atoms with Crippen LogP contribution in [0.5, 0.6) is 0 Å². The normalized spacial score (nSPS) is 16.4. The topological polar surface area (TPSA) is 35.7 Å². The molecule has 6 heteroatoms. The average Bonchev–Trinajstić information content (AvgIpc) is 2.13. The van der Waals surface area contributed by atoms with Crippen LogP contribution in [0, 0.1) is 0 Å². The molecule has 0 saturated heterocycles. The van der Waals surface area contributed by atoms with E-state index < -0.39 is 6.61 Å². The molecule has 0 aliphatic carbocycles. The Balaban J connectivity index is 2.44. The fraction of sp³-hybridized carbons (Fsp3) is 0.250. The van der Waals surface area contributed by atoms with E-state index in [9.17, 15) is 8.78 Å². The minimum atomic E-state index is -2.88. The number of halogens is 3. The monoisotopic (exact) mass is 167 g/mol. The number of alkyl halides is 2. The highest BCUT2D eigenvalue weighted by atomic mass is 35.5. The average molecular weight is 168 g/mol. The van der Waals surface area contributed by atoms with E-state index in [4.69, 9.17) is 11.6 Å². The zero-order chi connectivity index (χ0) is 7.56. The van der Waals surface area contributed by atoms with E-state index in [0.29, 0.717) is 0 Å². The molecule has 10 heavy (non-hydrogen) atoms. The summed E-state index contributed by atoms with van der Waals surface area (Å²) in [4.78, 5) is 0. The van der Waals surface area contributed by atoms with Crippen LogP contribution in [-0.4, -0.2) is 12.5 Å². The maximum Gasteiger partial charge on any atom is 0.388 e. The van der Waals surface area contributed by atoms with Gasteiger partial charge in [0.05, 0.1) is 0 Å². The highest BCUT2D eigenvalue weighted by Crippen LogP contribution is 2.08. The Morgan fingerprint density at radius 1 is 1.60 bits per heavy atom. The second-order valence-corrected chi connectivity index (χ2v) is 1.77. The Morgan fingerprint density at radius 2 is 2.30 bits per heavy atom. The largest absolute Gasteiger partial charge is 0.415 e. The van der Waals surface area contributed by atoms with Gasteiger partial charge in [-0.05, 0) is 0 Å². The molecule has 0 amide bonds. The molecule has 0 aromatic carbocycles. The highest BCUT2D eigenvalue weighted by molar-refractivity contribution is 6.31. The molecule has 0 unspecified atom stereocenters. The Hall–Kier alpha value is -0.840. The van der Waals surface area contributed by atoms with Gasteiger partial charge in [-0.1, -0.05) is 11.6 Å². The van der Waals surface area contributed by atoms with Crippen molar-refractivity contribution in [2.24, 2.45) is 5.10 Å². The lowest BCUT2D eigenvalue weighted by atomic mass is 10.6. The predicted molar refractivity (Wildman–Crippen MR) is 30.6 cm³/mol. The number of hydrogen-bond donors (Lipinski definition) is 0. The maximum absolute atomic E-state index is 11.4. The van der Waals surface area contributed by atoms with Crippen molar-refractivity contribution in [3.8, 4) is 0 Å². The number of rotatable bonds is 1. The minimum absolute atomic E-state index is 0.0376. The quantitative estimate of drug-likeness (QED) is 0.541. The van der Waals surface area contributed by atoms with Crippen LogP contribution in [0.1, 0.15) is 0 Å². The summed E-state index contributed by atoms with van der Waals surface area (Å²) in [6.45, 7) is -2.88. The smallest absolute Gasteiger partial charge is 0.388 e. The lowest BCUT2D eigenvalue weighted by molar-refractivity contribution is -0.0593. The summed E-state index contributed by atoms with van der Waals surface area (Å²) in [7, 11) is 0. The molecule has 0 atom stereocenters. The molecule has 0 saturated carbocycles. The molecule has 1 heterocycles. The molecule has 0 spiro atoms. The maximum atomic E-state index is 11.4. The van der Waals surface area contributed by atoms with E-state index in [1.807, 2.05) is 0 Å². The molecule has 1 radical (unpaired) electrons. The van der Waals surface area contributed by atoms with Crippen LogP contribution < -0.4 is 5.43 Å². The summed E-state index contributed by atoms with van der Waals surface area (Å²) >= 11 is 5.25. The van der Waals surface area contributed by atoms with Gasteiger partial charge in [-0.15, -0.1) is 10.5 Å². The Bertz CT molecular complexity index is 192. The molecule has 0 bridgehead atoms. The number of ether oxygens (including phenoxy) is 1. The molecule has 55 valence electrons. The van der Waals surface area contributed by atoms with Crippen molar-refractivity contribution >= 4 is 17.5 Å². The minimum Gasteiger partial charge on any atom is -0.415 e. The molecule has 0 N–H and O–H groups in total.